The Morgan fingerprint density at radius 3 is 2.69 bits per heavy atom. The number of rotatable bonds is 4. The molecule has 0 unspecified atom stereocenters. The first-order valence-electron chi connectivity index (χ1n) is 4.75. The second-order valence-corrected chi connectivity index (χ2v) is 3.70. The minimum Gasteiger partial charge on any atom is -0.481 e. The molecule has 0 aliphatic rings. The lowest BCUT2D eigenvalue weighted by atomic mass is 10.1. The van der Waals surface area contributed by atoms with Crippen LogP contribution in [0.5, 0.6) is 0 Å². The largest absolute Gasteiger partial charge is 0.481 e. The molecule has 1 rings (SSSR count). The lowest BCUT2D eigenvalue weighted by Crippen LogP contribution is -2.16. The van der Waals surface area contributed by atoms with Crippen molar-refractivity contribution in [2.45, 2.75) is 13.3 Å². The summed E-state index contributed by atoms with van der Waals surface area (Å²) >= 11 is 3.86. The minimum absolute atomic E-state index is 0.0703. The number of benzene rings is 1. The second-order valence-electron chi connectivity index (χ2n) is 3.39. The molecule has 0 spiro atoms. The zero-order valence-corrected chi connectivity index (χ0v) is 9.75. The van der Waals surface area contributed by atoms with Crippen molar-refractivity contribution in [3.8, 4) is 0 Å². The average Bonchev–Trinajstić information content (AvgIpc) is 2.22. The third-order valence-electron chi connectivity index (χ3n) is 2.11. The molecule has 4 nitrogen and oxygen atoms in total. The van der Waals surface area contributed by atoms with E-state index in [0.29, 0.717) is 11.3 Å². The second kappa shape index (κ2) is 5.55. The summed E-state index contributed by atoms with van der Waals surface area (Å²) in [5.74, 6) is -1.10. The fourth-order valence-corrected chi connectivity index (χ4v) is 1.48. The Morgan fingerprint density at radius 1 is 1.44 bits per heavy atom. The maximum atomic E-state index is 11.2. The number of carbonyl (C=O) groups excluding carboxylic acids is 1. The monoisotopic (exact) mass is 239 g/mol. The number of thiol groups is 1. The number of aliphatic carboxylic acids is 1. The number of anilines is 1. The molecule has 0 aliphatic carbocycles. The van der Waals surface area contributed by atoms with Gasteiger partial charge >= 0.3 is 5.97 Å². The molecule has 1 aromatic rings. The summed E-state index contributed by atoms with van der Waals surface area (Å²) in [7, 11) is 0. The molecule has 0 aromatic heterocycles. The Hall–Kier alpha value is -1.49. The van der Waals surface area contributed by atoms with E-state index in [1.807, 2.05) is 13.0 Å². The normalized spacial score (nSPS) is 9.88. The summed E-state index contributed by atoms with van der Waals surface area (Å²) in [6.45, 7) is 1.82. The number of hydrogen-bond donors (Lipinski definition) is 3. The fraction of sp³-hybridized carbons (Fsp3) is 0.273. The summed E-state index contributed by atoms with van der Waals surface area (Å²) in [4.78, 5) is 21.9. The van der Waals surface area contributed by atoms with Crippen LogP contribution in [0.2, 0.25) is 0 Å². The summed E-state index contributed by atoms with van der Waals surface area (Å²) < 4.78 is 0. The SMILES string of the molecule is Cc1cccc(CC(=O)O)c1NC(=O)CS. The van der Waals surface area contributed by atoms with Crippen LogP contribution in [0.25, 0.3) is 0 Å². The summed E-state index contributed by atoms with van der Waals surface area (Å²) in [5.41, 5.74) is 2.01. The molecule has 0 aliphatic heterocycles. The van der Waals surface area contributed by atoms with E-state index in [1.54, 1.807) is 12.1 Å². The molecule has 86 valence electrons. The van der Waals surface area contributed by atoms with Crippen molar-refractivity contribution in [2.75, 3.05) is 11.1 Å². The predicted molar refractivity (Wildman–Crippen MR) is 65.0 cm³/mol. The Labute approximate surface area is 99.1 Å². The van der Waals surface area contributed by atoms with E-state index in [0.717, 1.165) is 5.56 Å². The van der Waals surface area contributed by atoms with Crippen molar-refractivity contribution in [3.05, 3.63) is 29.3 Å². The number of amides is 1. The molecule has 0 atom stereocenters. The van der Waals surface area contributed by atoms with Gasteiger partial charge in [-0.05, 0) is 18.1 Å². The maximum Gasteiger partial charge on any atom is 0.307 e. The number of carboxylic acids is 1. The lowest BCUT2D eigenvalue weighted by molar-refractivity contribution is -0.136. The van der Waals surface area contributed by atoms with E-state index in [2.05, 4.69) is 17.9 Å². The van der Waals surface area contributed by atoms with Crippen LogP contribution in [0, 0.1) is 6.92 Å². The number of nitrogens with one attached hydrogen (secondary N) is 1. The van der Waals surface area contributed by atoms with E-state index in [-0.39, 0.29) is 18.1 Å². The third kappa shape index (κ3) is 3.27. The molecule has 0 saturated heterocycles. The predicted octanol–water partition coefficient (Wildman–Crippen LogP) is 1.49. The molecule has 0 radical (unpaired) electrons. The van der Waals surface area contributed by atoms with Crippen LogP contribution in [0.1, 0.15) is 11.1 Å². The van der Waals surface area contributed by atoms with Gasteiger partial charge in [-0.25, -0.2) is 0 Å². The lowest BCUT2D eigenvalue weighted by Gasteiger charge is -2.11. The standard InChI is InChI=1S/C11H13NO3S/c1-7-3-2-4-8(5-10(14)15)11(7)12-9(13)6-16/h2-4,16H,5-6H2,1H3,(H,12,13)(H,14,15). The van der Waals surface area contributed by atoms with Gasteiger partial charge < -0.3 is 10.4 Å². The first-order chi connectivity index (χ1) is 7.54. The molecule has 1 aromatic carbocycles. The highest BCUT2D eigenvalue weighted by Crippen LogP contribution is 2.21. The van der Waals surface area contributed by atoms with Crippen LogP contribution < -0.4 is 5.32 Å². The van der Waals surface area contributed by atoms with E-state index < -0.39 is 5.97 Å². The molecule has 0 saturated carbocycles. The van der Waals surface area contributed by atoms with Gasteiger partial charge in [0, 0.05) is 5.69 Å². The molecular formula is C11H13NO3S. The van der Waals surface area contributed by atoms with Gasteiger partial charge in [0.2, 0.25) is 5.91 Å². The number of carbonyl (C=O) groups is 2. The fourth-order valence-electron chi connectivity index (χ4n) is 1.40. The molecule has 2 N–H and O–H groups in total. The van der Waals surface area contributed by atoms with Gasteiger partial charge in [-0.1, -0.05) is 18.2 Å². The average molecular weight is 239 g/mol. The molecule has 0 heterocycles. The van der Waals surface area contributed by atoms with E-state index >= 15 is 0 Å². The van der Waals surface area contributed by atoms with Crippen LogP contribution in [0.4, 0.5) is 5.69 Å². The number of aryl methyl sites for hydroxylation is 1. The van der Waals surface area contributed by atoms with Crippen molar-refractivity contribution < 1.29 is 14.7 Å². The summed E-state index contributed by atoms with van der Waals surface area (Å²) in [6, 6.07) is 5.28. The van der Waals surface area contributed by atoms with Crippen LogP contribution in [0.3, 0.4) is 0 Å². The van der Waals surface area contributed by atoms with Gasteiger partial charge in [0.25, 0.3) is 0 Å². The van der Waals surface area contributed by atoms with Crippen LogP contribution in [-0.2, 0) is 16.0 Å². The van der Waals surface area contributed by atoms with Crippen molar-refractivity contribution in [2.24, 2.45) is 0 Å². The molecule has 1 amide bonds. The van der Waals surface area contributed by atoms with Gasteiger partial charge in [0.15, 0.2) is 0 Å². The zero-order chi connectivity index (χ0) is 12.1. The highest BCUT2D eigenvalue weighted by atomic mass is 32.1. The van der Waals surface area contributed by atoms with E-state index in [4.69, 9.17) is 5.11 Å². The van der Waals surface area contributed by atoms with Gasteiger partial charge in [-0.3, -0.25) is 9.59 Å². The highest BCUT2D eigenvalue weighted by molar-refractivity contribution is 7.81. The third-order valence-corrected chi connectivity index (χ3v) is 2.40. The van der Waals surface area contributed by atoms with Crippen LogP contribution in [-0.4, -0.2) is 22.7 Å². The summed E-state index contributed by atoms with van der Waals surface area (Å²) in [5, 5.41) is 11.4. The zero-order valence-electron chi connectivity index (χ0n) is 8.86. The Morgan fingerprint density at radius 2 is 2.12 bits per heavy atom. The molecular weight excluding hydrogens is 226 g/mol. The molecule has 16 heavy (non-hydrogen) atoms. The highest BCUT2D eigenvalue weighted by Gasteiger charge is 2.10. The van der Waals surface area contributed by atoms with Crippen molar-refractivity contribution in [1.29, 1.82) is 0 Å². The smallest absolute Gasteiger partial charge is 0.307 e. The van der Waals surface area contributed by atoms with Crippen molar-refractivity contribution >= 4 is 30.2 Å². The van der Waals surface area contributed by atoms with E-state index in [9.17, 15) is 9.59 Å². The van der Waals surface area contributed by atoms with Crippen LogP contribution in [0.15, 0.2) is 18.2 Å². The number of hydrogen-bond acceptors (Lipinski definition) is 3. The molecule has 5 heteroatoms. The van der Waals surface area contributed by atoms with Crippen LogP contribution >= 0.6 is 12.6 Å². The maximum absolute atomic E-state index is 11.2. The van der Waals surface area contributed by atoms with Gasteiger partial charge in [0.05, 0.1) is 12.2 Å². The minimum atomic E-state index is -0.924. The van der Waals surface area contributed by atoms with Gasteiger partial charge in [0.1, 0.15) is 0 Å². The Kier molecular flexibility index (Phi) is 4.37. The Bertz CT molecular complexity index is 418. The number of para-hydroxylation sites is 1. The van der Waals surface area contributed by atoms with Gasteiger partial charge in [-0.15, -0.1) is 0 Å². The first-order valence-corrected chi connectivity index (χ1v) is 5.39. The topological polar surface area (TPSA) is 66.4 Å². The molecule has 0 bridgehead atoms. The number of carboxylic acid groups (broad SMARTS) is 1. The van der Waals surface area contributed by atoms with Gasteiger partial charge in [-0.2, -0.15) is 12.6 Å². The van der Waals surface area contributed by atoms with Crippen molar-refractivity contribution in [3.63, 3.8) is 0 Å². The van der Waals surface area contributed by atoms with Crippen molar-refractivity contribution in [1.82, 2.24) is 0 Å². The Balaban J connectivity index is 3.03. The quantitative estimate of drug-likeness (QED) is 0.697. The summed E-state index contributed by atoms with van der Waals surface area (Å²) in [6.07, 6.45) is -0.107. The van der Waals surface area contributed by atoms with E-state index in [1.165, 1.54) is 0 Å². The molecule has 0 fully saturated rings. The first kappa shape index (κ1) is 12.6.